The van der Waals surface area contributed by atoms with Crippen LogP contribution < -0.4 is 5.32 Å². The van der Waals surface area contributed by atoms with Crippen molar-refractivity contribution < 1.29 is 19.4 Å². The number of carbonyl (C=O) groups is 2. The normalized spacial score (nSPS) is 11.6. The van der Waals surface area contributed by atoms with E-state index in [1.165, 1.54) is 6.08 Å². The van der Waals surface area contributed by atoms with Gasteiger partial charge in [0.2, 0.25) is 0 Å². The number of benzene rings is 1. The predicted octanol–water partition coefficient (Wildman–Crippen LogP) is 1.59. The van der Waals surface area contributed by atoms with E-state index in [1.807, 2.05) is 0 Å². The van der Waals surface area contributed by atoms with Gasteiger partial charge in [-0.3, -0.25) is 4.79 Å². The maximum atomic E-state index is 11.9. The molecule has 0 saturated heterocycles. The number of hydrogen-bond donors (Lipinski definition) is 2. The van der Waals surface area contributed by atoms with Crippen molar-refractivity contribution in [3.8, 4) is 0 Å². The molecule has 102 valence electrons. The van der Waals surface area contributed by atoms with E-state index < -0.39 is 17.9 Å². The number of nitrogens with one attached hydrogen (secondary N) is 1. The van der Waals surface area contributed by atoms with Gasteiger partial charge in [-0.25, -0.2) is 4.79 Å². The Morgan fingerprint density at radius 3 is 2.53 bits per heavy atom. The molecule has 0 aliphatic rings. The van der Waals surface area contributed by atoms with Crippen LogP contribution in [0.15, 0.2) is 36.9 Å². The minimum Gasteiger partial charge on any atom is -0.480 e. The fourth-order valence-electron chi connectivity index (χ4n) is 1.55. The Balaban J connectivity index is 2.71. The highest BCUT2D eigenvalue weighted by atomic mass is 16.5. The van der Waals surface area contributed by atoms with Gasteiger partial charge >= 0.3 is 5.97 Å². The number of carbonyl (C=O) groups excluding carboxylic acids is 1. The number of ether oxygens (including phenoxy) is 1. The largest absolute Gasteiger partial charge is 0.480 e. The summed E-state index contributed by atoms with van der Waals surface area (Å²) >= 11 is 0. The van der Waals surface area contributed by atoms with Gasteiger partial charge in [0.25, 0.3) is 5.91 Å². The zero-order chi connectivity index (χ0) is 14.3. The van der Waals surface area contributed by atoms with Crippen LogP contribution in [0.25, 0.3) is 0 Å². The lowest BCUT2D eigenvalue weighted by Crippen LogP contribution is -2.40. The Kier molecular flexibility index (Phi) is 5.75. The van der Waals surface area contributed by atoms with Gasteiger partial charge in [0.1, 0.15) is 6.04 Å². The maximum absolute atomic E-state index is 11.9. The first kappa shape index (κ1) is 14.9. The fraction of sp³-hybridized carbons (Fsp3) is 0.286. The van der Waals surface area contributed by atoms with E-state index in [-0.39, 0.29) is 6.42 Å². The van der Waals surface area contributed by atoms with Crippen LogP contribution in [0.2, 0.25) is 0 Å². The van der Waals surface area contributed by atoms with Gasteiger partial charge in [0.05, 0.1) is 6.61 Å². The Labute approximate surface area is 111 Å². The first-order chi connectivity index (χ1) is 9.08. The number of carboxylic acids is 1. The van der Waals surface area contributed by atoms with Gasteiger partial charge in [-0.2, -0.15) is 0 Å². The number of hydrogen-bond acceptors (Lipinski definition) is 3. The summed E-state index contributed by atoms with van der Waals surface area (Å²) in [7, 11) is 1.59. The predicted molar refractivity (Wildman–Crippen MR) is 70.9 cm³/mol. The molecule has 19 heavy (non-hydrogen) atoms. The molecule has 0 saturated carbocycles. The summed E-state index contributed by atoms with van der Waals surface area (Å²) < 4.78 is 4.97. The zero-order valence-electron chi connectivity index (χ0n) is 10.8. The molecular formula is C14H17NO4. The first-order valence-corrected chi connectivity index (χ1v) is 5.81. The molecule has 0 aromatic heterocycles. The topological polar surface area (TPSA) is 75.6 Å². The summed E-state index contributed by atoms with van der Waals surface area (Å²) in [5.74, 6) is -1.50. The molecule has 0 spiro atoms. The third-order valence-electron chi connectivity index (χ3n) is 2.53. The van der Waals surface area contributed by atoms with Gasteiger partial charge in [0, 0.05) is 12.7 Å². The summed E-state index contributed by atoms with van der Waals surface area (Å²) in [6, 6.07) is 5.85. The second kappa shape index (κ2) is 7.33. The molecule has 2 N–H and O–H groups in total. The van der Waals surface area contributed by atoms with Crippen molar-refractivity contribution in [1.82, 2.24) is 5.32 Å². The molecule has 0 aliphatic carbocycles. The van der Waals surface area contributed by atoms with Crippen LogP contribution in [-0.4, -0.2) is 30.1 Å². The number of amides is 1. The molecule has 5 heteroatoms. The van der Waals surface area contributed by atoms with Crippen LogP contribution in [0, 0.1) is 0 Å². The van der Waals surface area contributed by atoms with Crippen molar-refractivity contribution in [2.45, 2.75) is 19.1 Å². The van der Waals surface area contributed by atoms with Gasteiger partial charge in [-0.15, -0.1) is 6.58 Å². The van der Waals surface area contributed by atoms with E-state index in [0.717, 1.165) is 5.56 Å². The SMILES string of the molecule is C=CCC(NC(=O)c1ccc(COC)cc1)C(=O)O. The minimum absolute atomic E-state index is 0.183. The van der Waals surface area contributed by atoms with Gasteiger partial charge in [-0.05, 0) is 24.1 Å². The molecule has 1 aromatic carbocycles. The lowest BCUT2D eigenvalue weighted by atomic mass is 10.1. The van der Waals surface area contributed by atoms with Crippen LogP contribution in [-0.2, 0) is 16.1 Å². The first-order valence-electron chi connectivity index (χ1n) is 5.81. The molecule has 1 aromatic rings. The summed E-state index contributed by atoms with van der Waals surface area (Å²) in [4.78, 5) is 22.8. The summed E-state index contributed by atoms with van der Waals surface area (Å²) in [6.45, 7) is 3.93. The Morgan fingerprint density at radius 2 is 2.05 bits per heavy atom. The third-order valence-corrected chi connectivity index (χ3v) is 2.53. The van der Waals surface area contributed by atoms with Crippen molar-refractivity contribution in [3.63, 3.8) is 0 Å². The average molecular weight is 263 g/mol. The molecule has 0 radical (unpaired) electrons. The van der Waals surface area contributed by atoms with Crippen molar-refractivity contribution in [2.75, 3.05) is 7.11 Å². The van der Waals surface area contributed by atoms with E-state index in [4.69, 9.17) is 9.84 Å². The van der Waals surface area contributed by atoms with Crippen LogP contribution in [0.4, 0.5) is 0 Å². The van der Waals surface area contributed by atoms with E-state index >= 15 is 0 Å². The molecule has 5 nitrogen and oxygen atoms in total. The highest BCUT2D eigenvalue weighted by Gasteiger charge is 2.18. The monoisotopic (exact) mass is 263 g/mol. The Bertz CT molecular complexity index is 453. The molecule has 0 fully saturated rings. The smallest absolute Gasteiger partial charge is 0.326 e. The molecule has 1 unspecified atom stereocenters. The van der Waals surface area contributed by atoms with Crippen molar-refractivity contribution in [2.24, 2.45) is 0 Å². The number of rotatable bonds is 7. The van der Waals surface area contributed by atoms with E-state index in [9.17, 15) is 9.59 Å². The minimum atomic E-state index is -1.08. The van der Waals surface area contributed by atoms with Crippen molar-refractivity contribution in [3.05, 3.63) is 48.0 Å². The summed E-state index contributed by atoms with van der Waals surface area (Å²) in [5, 5.41) is 11.4. The fourth-order valence-corrected chi connectivity index (χ4v) is 1.55. The summed E-state index contributed by atoms with van der Waals surface area (Å²) in [6.07, 6.45) is 1.64. The van der Waals surface area contributed by atoms with E-state index in [1.54, 1.807) is 31.4 Å². The van der Waals surface area contributed by atoms with Gasteiger partial charge < -0.3 is 15.2 Å². The molecule has 0 aliphatic heterocycles. The Morgan fingerprint density at radius 1 is 1.42 bits per heavy atom. The lowest BCUT2D eigenvalue weighted by Gasteiger charge is -2.12. The molecule has 0 heterocycles. The van der Waals surface area contributed by atoms with E-state index in [2.05, 4.69) is 11.9 Å². The zero-order valence-corrected chi connectivity index (χ0v) is 10.8. The molecule has 0 bridgehead atoms. The quantitative estimate of drug-likeness (QED) is 0.732. The van der Waals surface area contributed by atoms with Crippen LogP contribution in [0.1, 0.15) is 22.3 Å². The van der Waals surface area contributed by atoms with Crippen LogP contribution in [0.3, 0.4) is 0 Å². The van der Waals surface area contributed by atoms with Crippen LogP contribution >= 0.6 is 0 Å². The second-order valence-electron chi connectivity index (χ2n) is 4.02. The summed E-state index contributed by atoms with van der Waals surface area (Å²) in [5.41, 5.74) is 1.36. The molecule has 1 rings (SSSR count). The van der Waals surface area contributed by atoms with Gasteiger partial charge in [0.15, 0.2) is 0 Å². The standard InChI is InChI=1S/C14H17NO4/c1-3-4-12(14(17)18)15-13(16)11-7-5-10(6-8-11)9-19-2/h3,5-8,12H,1,4,9H2,2H3,(H,15,16)(H,17,18). The van der Waals surface area contributed by atoms with Crippen molar-refractivity contribution >= 4 is 11.9 Å². The molecule has 1 amide bonds. The van der Waals surface area contributed by atoms with E-state index in [0.29, 0.717) is 12.2 Å². The highest BCUT2D eigenvalue weighted by molar-refractivity contribution is 5.96. The van der Waals surface area contributed by atoms with Crippen molar-refractivity contribution in [1.29, 1.82) is 0 Å². The highest BCUT2D eigenvalue weighted by Crippen LogP contribution is 2.06. The number of methoxy groups -OCH3 is 1. The number of carboxylic acid groups (broad SMARTS) is 1. The number of aliphatic carboxylic acids is 1. The average Bonchev–Trinajstić information content (AvgIpc) is 2.39. The lowest BCUT2D eigenvalue weighted by molar-refractivity contribution is -0.139. The second-order valence-corrected chi connectivity index (χ2v) is 4.02. The van der Waals surface area contributed by atoms with Crippen LogP contribution in [0.5, 0.6) is 0 Å². The molecular weight excluding hydrogens is 246 g/mol. The Hall–Kier alpha value is -2.14. The maximum Gasteiger partial charge on any atom is 0.326 e. The molecule has 1 atom stereocenters. The van der Waals surface area contributed by atoms with Gasteiger partial charge in [-0.1, -0.05) is 18.2 Å². The third kappa shape index (κ3) is 4.56.